The molecule has 0 atom stereocenters. The van der Waals surface area contributed by atoms with Gasteiger partial charge in [-0.1, -0.05) is 11.6 Å². The molecule has 0 aliphatic carbocycles. The van der Waals surface area contributed by atoms with Crippen molar-refractivity contribution in [2.24, 2.45) is 0 Å². The number of amides is 1. The molecule has 1 amide bonds. The van der Waals surface area contributed by atoms with Gasteiger partial charge in [0.1, 0.15) is 0 Å². The normalized spacial score (nSPS) is 10.3. The number of thiophene rings is 1. The molecule has 0 bridgehead atoms. The Morgan fingerprint density at radius 3 is 3.05 bits per heavy atom. The Balaban J connectivity index is 2.08. The predicted octanol–water partition coefficient (Wildman–Crippen LogP) is 4.13. The minimum absolute atomic E-state index is 0.0817. The maximum atomic E-state index is 11.1. The molecule has 0 radical (unpaired) electrons. The van der Waals surface area contributed by atoms with Crippen LogP contribution < -0.4 is 10.6 Å². The van der Waals surface area contributed by atoms with E-state index < -0.39 is 0 Å². The average molecular weight is 361 g/mol. The number of aromatic nitrogens is 1. The lowest BCUT2D eigenvalue weighted by Gasteiger charge is -2.09. The molecular weight excluding hydrogens is 350 g/mol. The Labute approximate surface area is 128 Å². The van der Waals surface area contributed by atoms with E-state index in [1.54, 1.807) is 17.5 Å². The Morgan fingerprint density at radius 2 is 2.32 bits per heavy atom. The second-order valence-corrected chi connectivity index (χ2v) is 6.06. The van der Waals surface area contributed by atoms with E-state index in [-0.39, 0.29) is 5.91 Å². The van der Waals surface area contributed by atoms with E-state index in [9.17, 15) is 4.79 Å². The van der Waals surface area contributed by atoms with Crippen LogP contribution in [0.15, 0.2) is 28.2 Å². The van der Waals surface area contributed by atoms with Gasteiger partial charge in [0, 0.05) is 22.5 Å². The van der Waals surface area contributed by atoms with Crippen molar-refractivity contribution in [1.82, 2.24) is 4.98 Å². The first-order valence-corrected chi connectivity index (χ1v) is 7.50. The van der Waals surface area contributed by atoms with Crippen molar-refractivity contribution in [3.8, 4) is 0 Å². The van der Waals surface area contributed by atoms with Crippen molar-refractivity contribution in [2.75, 3.05) is 10.6 Å². The van der Waals surface area contributed by atoms with Gasteiger partial charge in [-0.3, -0.25) is 4.79 Å². The van der Waals surface area contributed by atoms with Gasteiger partial charge in [0.2, 0.25) is 5.91 Å². The fourth-order valence-corrected chi connectivity index (χ4v) is 2.77. The number of hydrogen-bond acceptors (Lipinski definition) is 4. The largest absolute Gasteiger partial charge is 0.378 e. The van der Waals surface area contributed by atoms with Crippen LogP contribution in [0.4, 0.5) is 11.4 Å². The summed E-state index contributed by atoms with van der Waals surface area (Å²) in [6.45, 7) is 2.06. The van der Waals surface area contributed by atoms with Crippen LogP contribution in [0.25, 0.3) is 0 Å². The van der Waals surface area contributed by atoms with E-state index in [4.69, 9.17) is 11.6 Å². The predicted molar refractivity (Wildman–Crippen MR) is 82.9 cm³/mol. The molecule has 7 heteroatoms. The van der Waals surface area contributed by atoms with Crippen LogP contribution in [-0.4, -0.2) is 10.9 Å². The standard InChI is InChI=1S/C12H11BrClN3OS/c1-7(18)17-9-2-3-19-11(9)6-15-10-4-8(13)5-16-12(10)14/h2-5,15H,6H2,1H3,(H,17,18). The highest BCUT2D eigenvalue weighted by atomic mass is 79.9. The topological polar surface area (TPSA) is 54.0 Å². The molecule has 0 aliphatic rings. The maximum Gasteiger partial charge on any atom is 0.221 e. The van der Waals surface area contributed by atoms with E-state index >= 15 is 0 Å². The lowest BCUT2D eigenvalue weighted by molar-refractivity contribution is -0.114. The Hall–Kier alpha value is -1.11. The van der Waals surface area contributed by atoms with Gasteiger partial charge in [-0.25, -0.2) is 4.98 Å². The third-order valence-corrected chi connectivity index (χ3v) is 3.96. The van der Waals surface area contributed by atoms with Gasteiger partial charge in [-0.05, 0) is 33.4 Å². The zero-order chi connectivity index (χ0) is 13.8. The molecule has 0 aliphatic heterocycles. The van der Waals surface area contributed by atoms with Crippen LogP contribution in [0.3, 0.4) is 0 Å². The molecule has 19 heavy (non-hydrogen) atoms. The smallest absolute Gasteiger partial charge is 0.221 e. The summed E-state index contributed by atoms with van der Waals surface area (Å²) in [4.78, 5) is 16.1. The summed E-state index contributed by atoms with van der Waals surface area (Å²) in [6, 6.07) is 3.74. The lowest BCUT2D eigenvalue weighted by atomic mass is 10.3. The minimum Gasteiger partial charge on any atom is -0.378 e. The van der Waals surface area contributed by atoms with Crippen molar-refractivity contribution in [2.45, 2.75) is 13.5 Å². The zero-order valence-corrected chi connectivity index (χ0v) is 13.2. The summed E-state index contributed by atoms with van der Waals surface area (Å²) in [7, 11) is 0. The maximum absolute atomic E-state index is 11.1. The van der Waals surface area contributed by atoms with Crippen LogP contribution in [0, 0.1) is 0 Å². The van der Waals surface area contributed by atoms with Gasteiger partial charge < -0.3 is 10.6 Å². The van der Waals surface area contributed by atoms with Crippen molar-refractivity contribution >= 4 is 56.1 Å². The van der Waals surface area contributed by atoms with Crippen LogP contribution in [0.2, 0.25) is 5.15 Å². The van der Waals surface area contributed by atoms with E-state index in [0.717, 1.165) is 20.7 Å². The van der Waals surface area contributed by atoms with Gasteiger partial charge >= 0.3 is 0 Å². The number of hydrogen-bond donors (Lipinski definition) is 2. The summed E-state index contributed by atoms with van der Waals surface area (Å²) in [5.41, 5.74) is 1.57. The first kappa shape index (κ1) is 14.3. The molecule has 2 rings (SSSR count). The average Bonchev–Trinajstić information content (AvgIpc) is 2.77. The molecular formula is C12H11BrClN3OS. The van der Waals surface area contributed by atoms with E-state index in [1.165, 1.54) is 6.92 Å². The van der Waals surface area contributed by atoms with Crippen molar-refractivity contribution in [3.05, 3.63) is 38.2 Å². The molecule has 0 aromatic carbocycles. The number of carbonyl (C=O) groups is 1. The molecule has 100 valence electrons. The second-order valence-electron chi connectivity index (χ2n) is 3.78. The van der Waals surface area contributed by atoms with Crippen LogP contribution >= 0.6 is 38.9 Å². The third kappa shape index (κ3) is 3.92. The summed E-state index contributed by atoms with van der Waals surface area (Å²) < 4.78 is 0.854. The van der Waals surface area contributed by atoms with Gasteiger partial charge in [0.25, 0.3) is 0 Å². The summed E-state index contributed by atoms with van der Waals surface area (Å²) >= 11 is 10.9. The van der Waals surface area contributed by atoms with Gasteiger partial charge in [-0.15, -0.1) is 11.3 Å². The number of nitrogens with zero attached hydrogens (tertiary/aromatic N) is 1. The number of pyridine rings is 1. The van der Waals surface area contributed by atoms with Crippen LogP contribution in [0.5, 0.6) is 0 Å². The molecule has 0 unspecified atom stereocenters. The van der Waals surface area contributed by atoms with Crippen LogP contribution in [-0.2, 0) is 11.3 Å². The molecule has 2 aromatic rings. The van der Waals surface area contributed by atoms with Crippen molar-refractivity contribution < 1.29 is 4.79 Å². The monoisotopic (exact) mass is 359 g/mol. The fourth-order valence-electron chi connectivity index (χ4n) is 1.50. The third-order valence-electron chi connectivity index (χ3n) is 2.30. The zero-order valence-electron chi connectivity index (χ0n) is 10.0. The molecule has 0 saturated heterocycles. The minimum atomic E-state index is -0.0817. The van der Waals surface area contributed by atoms with Crippen LogP contribution in [0.1, 0.15) is 11.8 Å². The van der Waals surface area contributed by atoms with E-state index in [1.807, 2.05) is 17.5 Å². The molecule has 0 saturated carbocycles. The van der Waals surface area contributed by atoms with Gasteiger partial charge in [-0.2, -0.15) is 0 Å². The molecule has 2 heterocycles. The van der Waals surface area contributed by atoms with E-state index in [0.29, 0.717) is 11.7 Å². The van der Waals surface area contributed by atoms with Gasteiger partial charge in [0.15, 0.2) is 5.15 Å². The highest BCUT2D eigenvalue weighted by Crippen LogP contribution is 2.27. The van der Waals surface area contributed by atoms with Gasteiger partial charge in [0.05, 0.1) is 17.9 Å². The SMILES string of the molecule is CC(=O)Nc1ccsc1CNc1cc(Br)cnc1Cl. The summed E-state index contributed by atoms with van der Waals surface area (Å²) in [5.74, 6) is -0.0817. The second kappa shape index (κ2) is 6.36. The number of carbonyl (C=O) groups excluding carboxylic acids is 1. The van der Waals surface area contributed by atoms with Crippen molar-refractivity contribution in [3.63, 3.8) is 0 Å². The number of nitrogens with one attached hydrogen (secondary N) is 2. The molecule has 2 N–H and O–H groups in total. The van der Waals surface area contributed by atoms with Crippen molar-refractivity contribution in [1.29, 1.82) is 0 Å². The Morgan fingerprint density at radius 1 is 1.53 bits per heavy atom. The molecule has 4 nitrogen and oxygen atoms in total. The molecule has 0 fully saturated rings. The number of halogens is 2. The Bertz CT molecular complexity index is 602. The summed E-state index contributed by atoms with van der Waals surface area (Å²) in [5, 5.41) is 8.34. The van der Waals surface area contributed by atoms with E-state index in [2.05, 4.69) is 31.5 Å². The lowest BCUT2D eigenvalue weighted by Crippen LogP contribution is -2.08. The number of rotatable bonds is 4. The Kier molecular flexibility index (Phi) is 4.79. The fraction of sp³-hybridized carbons (Fsp3) is 0.167. The molecule has 2 aromatic heterocycles. The summed E-state index contributed by atoms with van der Waals surface area (Å²) in [6.07, 6.45) is 1.64. The number of anilines is 2. The quantitative estimate of drug-likeness (QED) is 0.806. The highest BCUT2D eigenvalue weighted by Gasteiger charge is 2.07. The first-order valence-electron chi connectivity index (χ1n) is 5.45. The highest BCUT2D eigenvalue weighted by molar-refractivity contribution is 9.10. The first-order chi connectivity index (χ1) is 9.06. The molecule has 0 spiro atoms.